The van der Waals surface area contributed by atoms with Crippen LogP contribution in [0.15, 0.2) is 53.4 Å². The van der Waals surface area contributed by atoms with Crippen molar-refractivity contribution in [1.82, 2.24) is 0 Å². The number of anilines is 1. The highest BCUT2D eigenvalue weighted by Crippen LogP contribution is 2.29. The molecule has 0 spiro atoms. The van der Waals surface area contributed by atoms with Crippen LogP contribution in [0.4, 0.5) is 18.9 Å². The van der Waals surface area contributed by atoms with E-state index in [1.165, 1.54) is 43.3 Å². The maximum Gasteiger partial charge on any atom is 0.416 e. The van der Waals surface area contributed by atoms with Crippen LogP contribution in [0.25, 0.3) is 0 Å². The number of halogens is 3. The molecule has 0 bridgehead atoms. The van der Waals surface area contributed by atoms with Gasteiger partial charge in [-0.3, -0.25) is 9.59 Å². The van der Waals surface area contributed by atoms with Crippen molar-refractivity contribution in [2.75, 3.05) is 5.32 Å². The van der Waals surface area contributed by atoms with Gasteiger partial charge in [-0.1, -0.05) is 18.2 Å². The van der Waals surface area contributed by atoms with Gasteiger partial charge in [0.2, 0.25) is 10.0 Å². The van der Waals surface area contributed by atoms with Gasteiger partial charge in [0.25, 0.3) is 5.91 Å². The summed E-state index contributed by atoms with van der Waals surface area (Å²) in [5.41, 5.74) is -0.560. The first-order valence-electron chi connectivity index (χ1n) is 8.15. The average Bonchev–Trinajstić information content (AvgIpc) is 2.60. The van der Waals surface area contributed by atoms with E-state index in [0.29, 0.717) is 0 Å². The number of carbonyl (C=O) groups is 2. The van der Waals surface area contributed by atoms with Gasteiger partial charge in [-0.25, -0.2) is 13.6 Å². The zero-order chi connectivity index (χ0) is 21.8. The number of primary sulfonamides is 1. The molecule has 2 rings (SSSR count). The van der Waals surface area contributed by atoms with E-state index in [1.807, 2.05) is 0 Å². The van der Waals surface area contributed by atoms with Crippen molar-refractivity contribution in [3.63, 3.8) is 0 Å². The molecule has 0 heterocycles. The normalized spacial score (nSPS) is 12.9. The largest absolute Gasteiger partial charge is 0.452 e. The Morgan fingerprint density at radius 2 is 1.76 bits per heavy atom. The molecule has 29 heavy (non-hydrogen) atoms. The molecule has 11 heteroatoms. The summed E-state index contributed by atoms with van der Waals surface area (Å²) in [7, 11) is -3.87. The smallest absolute Gasteiger partial charge is 0.416 e. The molecule has 0 radical (unpaired) electrons. The fourth-order valence-corrected chi connectivity index (χ4v) is 2.80. The van der Waals surface area contributed by atoms with Gasteiger partial charge in [0, 0.05) is 5.69 Å². The second kappa shape index (κ2) is 8.62. The number of hydrogen-bond donors (Lipinski definition) is 2. The van der Waals surface area contributed by atoms with Crippen LogP contribution >= 0.6 is 0 Å². The molecule has 0 aromatic heterocycles. The summed E-state index contributed by atoms with van der Waals surface area (Å²) in [4.78, 5) is 23.9. The minimum absolute atomic E-state index is 0.0935. The predicted octanol–water partition coefficient (Wildman–Crippen LogP) is 2.47. The summed E-state index contributed by atoms with van der Waals surface area (Å²) in [6, 6.07) is 9.21. The molecule has 3 N–H and O–H groups in total. The van der Waals surface area contributed by atoms with Crippen molar-refractivity contribution >= 4 is 27.6 Å². The van der Waals surface area contributed by atoms with Crippen LogP contribution in [0.1, 0.15) is 18.1 Å². The maximum absolute atomic E-state index is 12.7. The Kier molecular flexibility index (Phi) is 6.65. The van der Waals surface area contributed by atoms with E-state index in [1.54, 1.807) is 0 Å². The Bertz CT molecular complexity index is 1000. The van der Waals surface area contributed by atoms with E-state index in [9.17, 15) is 31.2 Å². The molecule has 156 valence electrons. The topological polar surface area (TPSA) is 116 Å². The number of esters is 1. The standard InChI is InChI=1S/C18H17F3N2O5S/c1-11(17(25)23-14-5-7-15(8-6-14)29(22,26)27)28-16(24)10-12-3-2-4-13(9-12)18(19,20)21/h2-9,11H,10H2,1H3,(H,23,25)(H2,22,26,27)/t11-/m0/s1. The van der Waals surface area contributed by atoms with Crippen molar-refractivity contribution in [2.45, 2.75) is 30.5 Å². The first-order chi connectivity index (χ1) is 13.4. The Balaban J connectivity index is 1.94. The third-order valence-corrected chi connectivity index (χ3v) is 4.66. The van der Waals surface area contributed by atoms with Gasteiger partial charge in [0.1, 0.15) is 0 Å². The second-order valence-electron chi connectivity index (χ2n) is 6.07. The molecule has 2 aromatic carbocycles. The summed E-state index contributed by atoms with van der Waals surface area (Å²) >= 11 is 0. The maximum atomic E-state index is 12.7. The minimum atomic E-state index is -4.54. The van der Waals surface area contributed by atoms with Crippen LogP contribution in [-0.2, 0) is 36.9 Å². The van der Waals surface area contributed by atoms with Gasteiger partial charge in [-0.2, -0.15) is 13.2 Å². The second-order valence-corrected chi connectivity index (χ2v) is 7.63. The monoisotopic (exact) mass is 430 g/mol. The van der Waals surface area contributed by atoms with Gasteiger partial charge in [-0.15, -0.1) is 0 Å². The molecule has 0 saturated carbocycles. The van der Waals surface area contributed by atoms with Gasteiger partial charge >= 0.3 is 12.1 Å². The number of ether oxygens (including phenoxy) is 1. The lowest BCUT2D eigenvalue weighted by Gasteiger charge is -2.14. The van der Waals surface area contributed by atoms with E-state index < -0.39 is 46.2 Å². The minimum Gasteiger partial charge on any atom is -0.452 e. The lowest BCUT2D eigenvalue weighted by molar-refractivity contribution is -0.152. The molecule has 0 saturated heterocycles. The summed E-state index contributed by atoms with van der Waals surface area (Å²) in [5.74, 6) is -1.58. The molecule has 0 fully saturated rings. The Hall–Kier alpha value is -2.92. The first-order valence-corrected chi connectivity index (χ1v) is 9.70. The average molecular weight is 430 g/mol. The van der Waals surface area contributed by atoms with Crippen molar-refractivity contribution < 1.29 is 35.9 Å². The fraction of sp³-hybridized carbons (Fsp3) is 0.222. The SMILES string of the molecule is C[C@H](OC(=O)Cc1cccc(C(F)(F)F)c1)C(=O)Nc1ccc(S(N)(=O)=O)cc1. The predicted molar refractivity (Wildman–Crippen MR) is 97.1 cm³/mol. The van der Waals surface area contributed by atoms with Crippen molar-refractivity contribution in [3.8, 4) is 0 Å². The zero-order valence-electron chi connectivity index (χ0n) is 15.1. The summed E-state index contributed by atoms with van der Waals surface area (Å²) in [5, 5.41) is 7.39. The number of benzene rings is 2. The van der Waals surface area contributed by atoms with Crippen molar-refractivity contribution in [3.05, 3.63) is 59.7 Å². The number of rotatable bonds is 6. The van der Waals surface area contributed by atoms with Crippen molar-refractivity contribution in [1.29, 1.82) is 0 Å². The number of sulfonamides is 1. The van der Waals surface area contributed by atoms with Crippen LogP contribution < -0.4 is 10.5 Å². The Labute approximate surface area is 164 Å². The van der Waals surface area contributed by atoms with E-state index in [4.69, 9.17) is 9.88 Å². The number of nitrogens with one attached hydrogen (secondary N) is 1. The molecule has 1 amide bonds. The summed E-state index contributed by atoms with van der Waals surface area (Å²) < 4.78 is 65.5. The van der Waals surface area contributed by atoms with Gasteiger partial charge in [-0.05, 0) is 42.8 Å². The third kappa shape index (κ3) is 6.57. The number of nitrogens with two attached hydrogens (primary N) is 1. The van der Waals surface area contributed by atoms with Crippen LogP contribution in [0, 0.1) is 0 Å². The van der Waals surface area contributed by atoms with Crippen LogP contribution in [0.3, 0.4) is 0 Å². The molecule has 0 aliphatic carbocycles. The Morgan fingerprint density at radius 1 is 1.14 bits per heavy atom. The summed E-state index contributed by atoms with van der Waals surface area (Å²) in [6.07, 6.45) is -6.21. The lowest BCUT2D eigenvalue weighted by atomic mass is 10.1. The number of alkyl halides is 3. The molecule has 7 nitrogen and oxygen atoms in total. The van der Waals surface area contributed by atoms with Crippen LogP contribution in [-0.4, -0.2) is 26.4 Å². The number of carbonyl (C=O) groups excluding carboxylic acids is 2. The van der Waals surface area contributed by atoms with Gasteiger partial charge < -0.3 is 10.1 Å². The fourth-order valence-electron chi connectivity index (χ4n) is 2.29. The lowest BCUT2D eigenvalue weighted by Crippen LogP contribution is -2.30. The molecule has 1 atom stereocenters. The zero-order valence-corrected chi connectivity index (χ0v) is 15.9. The van der Waals surface area contributed by atoms with Gasteiger partial charge in [0.05, 0.1) is 16.9 Å². The number of hydrogen-bond acceptors (Lipinski definition) is 5. The van der Waals surface area contributed by atoms with Crippen LogP contribution in [0.5, 0.6) is 0 Å². The van der Waals surface area contributed by atoms with E-state index >= 15 is 0 Å². The molecule has 0 aliphatic rings. The molecular weight excluding hydrogens is 413 g/mol. The highest BCUT2D eigenvalue weighted by atomic mass is 32.2. The van der Waals surface area contributed by atoms with E-state index in [-0.39, 0.29) is 16.1 Å². The summed E-state index contributed by atoms with van der Waals surface area (Å²) in [6.45, 7) is 1.29. The third-order valence-electron chi connectivity index (χ3n) is 3.73. The Morgan fingerprint density at radius 3 is 2.31 bits per heavy atom. The molecule has 2 aromatic rings. The first kappa shape index (κ1) is 22.4. The number of amides is 1. The quantitative estimate of drug-likeness (QED) is 0.683. The van der Waals surface area contributed by atoms with Gasteiger partial charge in [0.15, 0.2) is 6.10 Å². The molecule has 0 aliphatic heterocycles. The van der Waals surface area contributed by atoms with E-state index in [0.717, 1.165) is 12.1 Å². The van der Waals surface area contributed by atoms with Crippen molar-refractivity contribution in [2.24, 2.45) is 5.14 Å². The van der Waals surface area contributed by atoms with Crippen LogP contribution in [0.2, 0.25) is 0 Å². The molecule has 0 unspecified atom stereocenters. The molecular formula is C18H17F3N2O5S. The highest BCUT2D eigenvalue weighted by Gasteiger charge is 2.30. The highest BCUT2D eigenvalue weighted by molar-refractivity contribution is 7.89. The van der Waals surface area contributed by atoms with E-state index in [2.05, 4.69) is 5.32 Å².